The van der Waals surface area contributed by atoms with Gasteiger partial charge in [0.2, 0.25) is 0 Å². The number of allylic oxidation sites excluding steroid dienone is 2. The van der Waals surface area contributed by atoms with Crippen LogP contribution >= 0.6 is 0 Å². The van der Waals surface area contributed by atoms with Gasteiger partial charge < -0.3 is 0 Å². The van der Waals surface area contributed by atoms with Crippen molar-refractivity contribution in [1.82, 2.24) is 9.13 Å². The summed E-state index contributed by atoms with van der Waals surface area (Å²) in [7, 11) is 0. The lowest BCUT2D eigenvalue weighted by atomic mass is 10.2. The van der Waals surface area contributed by atoms with E-state index in [1.54, 1.807) is 17.7 Å². The maximum Gasteiger partial charge on any atom is 0.331 e. The second-order valence-corrected chi connectivity index (χ2v) is 6.29. The summed E-state index contributed by atoms with van der Waals surface area (Å²) in [4.78, 5) is 25.1. The third-order valence-electron chi connectivity index (χ3n) is 4.22. The average Bonchev–Trinajstić information content (AvgIpc) is 2.70. The highest BCUT2D eigenvalue weighted by atomic mass is 16.2. The van der Waals surface area contributed by atoms with E-state index in [-0.39, 0.29) is 17.8 Å². The molecule has 27 heavy (non-hydrogen) atoms. The summed E-state index contributed by atoms with van der Waals surface area (Å²) in [6, 6.07) is 19.7. The first kappa shape index (κ1) is 18.4. The van der Waals surface area contributed by atoms with Gasteiger partial charge in [0.1, 0.15) is 0 Å². The van der Waals surface area contributed by atoms with Crippen molar-refractivity contribution in [1.29, 1.82) is 0 Å². The van der Waals surface area contributed by atoms with Crippen molar-refractivity contribution in [2.45, 2.75) is 20.0 Å². The Morgan fingerprint density at radius 2 is 1.30 bits per heavy atom. The lowest BCUT2D eigenvalue weighted by Crippen LogP contribution is -2.40. The normalized spacial score (nSPS) is 11.4. The van der Waals surface area contributed by atoms with E-state index in [4.69, 9.17) is 0 Å². The van der Waals surface area contributed by atoms with Crippen LogP contribution in [-0.4, -0.2) is 9.13 Å². The van der Waals surface area contributed by atoms with Crippen molar-refractivity contribution in [3.05, 3.63) is 117 Å². The third-order valence-corrected chi connectivity index (χ3v) is 4.22. The molecule has 1 heterocycles. The van der Waals surface area contributed by atoms with Crippen molar-refractivity contribution in [2.24, 2.45) is 0 Å². The third kappa shape index (κ3) is 4.82. The summed E-state index contributed by atoms with van der Waals surface area (Å²) in [5.41, 5.74) is 2.10. The minimum absolute atomic E-state index is 0.247. The second-order valence-electron chi connectivity index (χ2n) is 6.29. The lowest BCUT2D eigenvalue weighted by Gasteiger charge is -2.08. The van der Waals surface area contributed by atoms with E-state index in [2.05, 4.69) is 0 Å². The Labute approximate surface area is 158 Å². The molecule has 4 heteroatoms. The van der Waals surface area contributed by atoms with Gasteiger partial charge in [-0.05, 0) is 18.1 Å². The highest BCUT2D eigenvalue weighted by Crippen LogP contribution is 2.02. The highest BCUT2D eigenvalue weighted by molar-refractivity contribution is 5.49. The van der Waals surface area contributed by atoms with Crippen molar-refractivity contribution < 1.29 is 0 Å². The summed E-state index contributed by atoms with van der Waals surface area (Å²) in [5.74, 6) is 0. The Hall–Kier alpha value is -3.40. The fourth-order valence-electron chi connectivity index (χ4n) is 2.82. The molecule has 0 unspecified atom stereocenters. The molecule has 0 aliphatic heterocycles. The van der Waals surface area contributed by atoms with Crippen LogP contribution in [0.2, 0.25) is 0 Å². The number of rotatable bonds is 6. The molecule has 0 atom stereocenters. The maximum absolute atomic E-state index is 12.7. The number of aromatic nitrogens is 2. The van der Waals surface area contributed by atoms with Crippen LogP contribution in [0, 0.1) is 6.92 Å². The summed E-state index contributed by atoms with van der Waals surface area (Å²) in [6.45, 7) is 2.39. The van der Waals surface area contributed by atoms with E-state index in [1.165, 1.54) is 4.57 Å². The molecule has 0 bridgehead atoms. The van der Waals surface area contributed by atoms with Gasteiger partial charge in [-0.25, -0.2) is 4.79 Å². The van der Waals surface area contributed by atoms with Crippen molar-refractivity contribution >= 4 is 12.2 Å². The molecule has 0 N–H and O–H groups in total. The molecule has 0 aliphatic rings. The Morgan fingerprint density at radius 1 is 0.778 bits per heavy atom. The molecule has 1 aromatic heterocycles. The molecule has 0 saturated heterocycles. The van der Waals surface area contributed by atoms with Gasteiger partial charge in [0, 0.05) is 24.8 Å². The molecule has 4 nitrogen and oxygen atoms in total. The van der Waals surface area contributed by atoms with E-state index in [1.807, 2.05) is 85.0 Å². The Kier molecular flexibility index (Phi) is 6.00. The average molecular weight is 358 g/mol. The maximum atomic E-state index is 12.7. The first-order chi connectivity index (χ1) is 13.1. The quantitative estimate of drug-likeness (QED) is 0.674. The molecule has 3 rings (SSSR count). The van der Waals surface area contributed by atoms with Gasteiger partial charge in [-0.15, -0.1) is 0 Å². The van der Waals surface area contributed by atoms with Gasteiger partial charge in [-0.2, -0.15) is 0 Å². The second kappa shape index (κ2) is 8.81. The zero-order chi connectivity index (χ0) is 19.1. The molecule has 3 aromatic rings. The fraction of sp³-hybridized carbons (Fsp3) is 0.130. The Balaban J connectivity index is 1.80. The molecular formula is C23H22N2O2. The van der Waals surface area contributed by atoms with Crippen LogP contribution in [0.15, 0.2) is 88.6 Å². The van der Waals surface area contributed by atoms with E-state index >= 15 is 0 Å². The van der Waals surface area contributed by atoms with Crippen LogP contribution in [0.4, 0.5) is 0 Å². The zero-order valence-electron chi connectivity index (χ0n) is 15.3. The van der Waals surface area contributed by atoms with E-state index < -0.39 is 0 Å². The zero-order valence-corrected chi connectivity index (χ0v) is 15.3. The van der Waals surface area contributed by atoms with Gasteiger partial charge >= 0.3 is 5.69 Å². The molecule has 136 valence electrons. The molecule has 0 spiro atoms. The van der Waals surface area contributed by atoms with E-state index in [9.17, 15) is 9.59 Å². The van der Waals surface area contributed by atoms with Crippen LogP contribution in [-0.2, 0) is 13.1 Å². The van der Waals surface area contributed by atoms with Crippen LogP contribution in [0.1, 0.15) is 16.7 Å². The van der Waals surface area contributed by atoms with Crippen LogP contribution in [0.3, 0.4) is 0 Å². The number of hydrogen-bond donors (Lipinski definition) is 0. The number of benzene rings is 2. The first-order valence-electron chi connectivity index (χ1n) is 8.89. The van der Waals surface area contributed by atoms with Crippen LogP contribution in [0.5, 0.6) is 0 Å². The predicted molar refractivity (Wildman–Crippen MR) is 111 cm³/mol. The van der Waals surface area contributed by atoms with Gasteiger partial charge in [-0.1, -0.05) is 85.0 Å². The monoisotopic (exact) mass is 358 g/mol. The fourth-order valence-corrected chi connectivity index (χ4v) is 2.82. The van der Waals surface area contributed by atoms with Crippen LogP contribution in [0.25, 0.3) is 12.2 Å². The van der Waals surface area contributed by atoms with E-state index in [0.717, 1.165) is 11.1 Å². The molecule has 2 aromatic carbocycles. The van der Waals surface area contributed by atoms with Crippen LogP contribution < -0.4 is 11.2 Å². The SMILES string of the molecule is Cc1cn(C/C=C\c2ccccc2)c(=O)n(C/C=C\c2ccccc2)c1=O. The number of nitrogens with zero attached hydrogens (tertiary/aromatic N) is 2. The van der Waals surface area contributed by atoms with Crippen molar-refractivity contribution in [2.75, 3.05) is 0 Å². The number of hydrogen-bond acceptors (Lipinski definition) is 2. The van der Waals surface area contributed by atoms with Gasteiger partial charge in [0.05, 0.1) is 0 Å². The topological polar surface area (TPSA) is 44.0 Å². The van der Waals surface area contributed by atoms with Crippen molar-refractivity contribution in [3.8, 4) is 0 Å². The standard InChI is InChI=1S/C23H22N2O2/c1-19-18-24(16-8-14-20-10-4-2-5-11-20)23(27)25(22(19)26)17-9-15-21-12-6-3-7-13-21/h2-15,18H,16-17H2,1H3/b14-8-,15-9-. The summed E-state index contributed by atoms with van der Waals surface area (Å²) in [6.07, 6.45) is 9.25. The summed E-state index contributed by atoms with van der Waals surface area (Å²) >= 11 is 0. The van der Waals surface area contributed by atoms with E-state index in [0.29, 0.717) is 12.1 Å². The van der Waals surface area contributed by atoms with Gasteiger partial charge in [0.25, 0.3) is 5.56 Å². The minimum atomic E-state index is -0.305. The summed E-state index contributed by atoms with van der Waals surface area (Å²) < 4.78 is 2.83. The lowest BCUT2D eigenvalue weighted by molar-refractivity contribution is 0.619. The number of aryl methyl sites for hydroxylation is 1. The Bertz CT molecular complexity index is 1060. The minimum Gasteiger partial charge on any atom is -0.296 e. The first-order valence-corrected chi connectivity index (χ1v) is 8.89. The molecule has 0 amide bonds. The highest BCUT2D eigenvalue weighted by Gasteiger charge is 2.06. The summed E-state index contributed by atoms with van der Waals surface area (Å²) in [5, 5.41) is 0. The molecule has 0 saturated carbocycles. The van der Waals surface area contributed by atoms with Crippen molar-refractivity contribution in [3.63, 3.8) is 0 Å². The molecule has 0 fully saturated rings. The Morgan fingerprint density at radius 3 is 1.85 bits per heavy atom. The smallest absolute Gasteiger partial charge is 0.296 e. The molecular weight excluding hydrogens is 336 g/mol. The molecule has 0 radical (unpaired) electrons. The largest absolute Gasteiger partial charge is 0.331 e. The molecule has 0 aliphatic carbocycles. The van der Waals surface area contributed by atoms with Gasteiger partial charge in [0.15, 0.2) is 0 Å². The van der Waals surface area contributed by atoms with Gasteiger partial charge in [-0.3, -0.25) is 13.9 Å². The predicted octanol–water partition coefficient (Wildman–Crippen LogP) is 3.75.